The molecule has 8 aromatic carbocycles. The smallest absolute Gasteiger partial charge is 0.410 e. The molecule has 4 aromatic heterocycles. The number of hydrogen-bond acceptors (Lipinski definition) is 18. The Balaban J connectivity index is 0.000000166. The lowest BCUT2D eigenvalue weighted by Crippen LogP contribution is -2.51. The number of carbonyl (C=O) groups is 7. The number of aliphatic carboxylic acids is 1. The summed E-state index contributed by atoms with van der Waals surface area (Å²) >= 11 is 0. The lowest BCUT2D eigenvalue weighted by atomic mass is 9.98. The van der Waals surface area contributed by atoms with Crippen molar-refractivity contribution in [3.8, 4) is 67.3 Å². The Kier molecular flexibility index (Phi) is 28.8. The minimum atomic E-state index is -0.798. The van der Waals surface area contributed by atoms with Gasteiger partial charge in [0, 0.05) is 63.5 Å². The Morgan fingerprint density at radius 1 is 0.386 bits per heavy atom. The van der Waals surface area contributed by atoms with Gasteiger partial charge in [0.2, 0.25) is 17.7 Å². The Morgan fingerprint density at radius 2 is 0.689 bits per heavy atom. The maximum Gasteiger partial charge on any atom is 0.410 e. The summed E-state index contributed by atoms with van der Waals surface area (Å²) in [6.07, 6.45) is 12.7. The van der Waals surface area contributed by atoms with Crippen LogP contribution in [0.5, 0.6) is 0 Å². The van der Waals surface area contributed by atoms with Gasteiger partial charge in [-0.05, 0) is 174 Å². The second-order valence-corrected chi connectivity index (χ2v) is 36.3. The minimum absolute atomic E-state index is 0.0963. The van der Waals surface area contributed by atoms with Crippen molar-refractivity contribution >= 4 is 63.5 Å². The molecule has 0 spiro atoms. The van der Waals surface area contributed by atoms with Gasteiger partial charge >= 0.3 is 24.2 Å². The number of alkyl carbamates (subject to hydrolysis) is 2. The van der Waals surface area contributed by atoms with Gasteiger partial charge in [0.25, 0.3) is 0 Å². The minimum Gasteiger partial charge on any atom is -0.480 e. The summed E-state index contributed by atoms with van der Waals surface area (Å²) < 4.78 is 26.0. The number of amides is 6. The summed E-state index contributed by atoms with van der Waals surface area (Å²) in [6.45, 7) is 21.1. The molecule has 0 saturated carbocycles. The van der Waals surface area contributed by atoms with E-state index in [0.29, 0.717) is 65.7 Å². The average molecular weight is 1790 g/mol. The summed E-state index contributed by atoms with van der Waals surface area (Å²) in [5, 5.41) is 19.2. The molecule has 0 bridgehead atoms. The van der Waals surface area contributed by atoms with E-state index in [1.165, 1.54) is 14.2 Å². The fraction of sp³-hybridized carbons (Fsp3) is 0.388. The fourth-order valence-corrected chi connectivity index (χ4v) is 18.9. The van der Waals surface area contributed by atoms with E-state index in [0.717, 1.165) is 188 Å². The molecule has 0 aliphatic carbocycles. The first-order chi connectivity index (χ1) is 63.9. The Hall–Kier alpha value is -13.4. The van der Waals surface area contributed by atoms with Crippen molar-refractivity contribution in [1.82, 2.24) is 79.9 Å². The average Bonchev–Trinajstić information content (AvgIpc) is 1.55. The fourth-order valence-electron chi connectivity index (χ4n) is 18.9. The molecule has 0 radical (unpaired) electrons. The second-order valence-electron chi connectivity index (χ2n) is 36.3. The summed E-state index contributed by atoms with van der Waals surface area (Å²) in [7, 11) is 2.60. The number of imidazole rings is 4. The molecule has 6 aliphatic rings. The molecular formula is C103H118N16O13. The maximum absolute atomic E-state index is 14.4. The number of hydrogen-bond donors (Lipinski definition) is 7. The summed E-state index contributed by atoms with van der Waals surface area (Å²) in [4.78, 5) is 134. The molecule has 6 fully saturated rings. The third-order valence-electron chi connectivity index (χ3n) is 25.8. The van der Waals surface area contributed by atoms with Gasteiger partial charge < -0.3 is 74.1 Å². The van der Waals surface area contributed by atoms with Gasteiger partial charge in [-0.1, -0.05) is 185 Å². The molecule has 29 nitrogen and oxygen atoms in total. The number of aromatic amines is 4. The zero-order chi connectivity index (χ0) is 92.3. The molecule has 7 N–H and O–H groups in total. The molecule has 12 aromatic rings. The van der Waals surface area contributed by atoms with Gasteiger partial charge in [0.1, 0.15) is 53.1 Å². The standard InChI is InChI=1S/C49H54N8O5.C42H49N7O5.C12H15NO3/c1-31(2)43(54-49(60)61-3)47(58)56-21-7-11-41(56)45-51-30-40(53-45)38-20-19-36-27-35(17-18-37(36)28-38)32-13-15-33(16-14-32)39-29-50-46(52-39)42-12-8-22-57(42)48(59)44(34-9-5-4-6-10-34)55-23-25-62-26-24-55;1-25(2)36(47-40(51)53-6)39(50)48-19-7-9-34(48)37-44-24-33(46-37)31-18-17-29-21-28(15-16-30(29)22-31)26-11-13-27(14-12-26)32-23-43-38(45-32)35-10-8-20-49(35)41(52)54-42(3,4)5;14-12(15)11(10-4-2-1-3-5-10)13-6-8-16-9-7-13/h4-6,9-10,13-20,27-31,41-44H,7-8,11-12,21-26H2,1-3H3,(H,50,52)(H,51,53)(H,54,60);11-18,21-25,34-36H,7-10,19-20H2,1-6H3,(H,43,45)(H,44,46)(H,47,51);1-5,11H,6-9H2,(H,14,15)/t41-,42-,43-,44?;34-,35-,36-;/m00./s1. The zero-order valence-electron chi connectivity index (χ0n) is 76.4. The number of carbonyl (C=O) groups excluding carboxylic acids is 6. The summed E-state index contributed by atoms with van der Waals surface area (Å²) in [5.74, 6) is 1.95. The highest BCUT2D eigenvalue weighted by Crippen LogP contribution is 2.41. The van der Waals surface area contributed by atoms with Crippen LogP contribution in [0.4, 0.5) is 14.4 Å². The van der Waals surface area contributed by atoms with E-state index in [4.69, 9.17) is 38.6 Å². The van der Waals surface area contributed by atoms with Crippen molar-refractivity contribution in [3.63, 3.8) is 0 Å². The maximum atomic E-state index is 14.4. The predicted octanol–water partition coefficient (Wildman–Crippen LogP) is 17.6. The van der Waals surface area contributed by atoms with E-state index in [-0.39, 0.29) is 65.9 Å². The van der Waals surface area contributed by atoms with Gasteiger partial charge in [-0.15, -0.1) is 0 Å². The van der Waals surface area contributed by atoms with Crippen LogP contribution in [0, 0.1) is 11.8 Å². The third-order valence-corrected chi connectivity index (χ3v) is 25.8. The number of H-pyrrole nitrogens is 4. The van der Waals surface area contributed by atoms with Crippen LogP contribution in [-0.2, 0) is 42.9 Å². The molecule has 10 heterocycles. The molecule has 18 rings (SSSR count). The molecule has 6 saturated heterocycles. The molecule has 29 heteroatoms. The van der Waals surface area contributed by atoms with E-state index in [2.05, 4.69) is 174 Å². The van der Waals surface area contributed by atoms with E-state index >= 15 is 0 Å². The van der Waals surface area contributed by atoms with Crippen LogP contribution < -0.4 is 10.6 Å². The Bertz CT molecular complexity index is 6020. The lowest BCUT2D eigenvalue weighted by Gasteiger charge is -2.37. The third kappa shape index (κ3) is 21.1. The number of benzene rings is 8. The van der Waals surface area contributed by atoms with E-state index in [9.17, 15) is 38.7 Å². The molecule has 132 heavy (non-hydrogen) atoms. The molecule has 6 aliphatic heterocycles. The van der Waals surface area contributed by atoms with E-state index in [1.807, 2.05) is 141 Å². The number of nitrogens with zero attached hydrogens (tertiary/aromatic N) is 10. The van der Waals surface area contributed by atoms with E-state index in [1.54, 1.807) is 4.90 Å². The number of aromatic nitrogens is 8. The van der Waals surface area contributed by atoms with Crippen LogP contribution >= 0.6 is 0 Å². The second kappa shape index (κ2) is 41.4. The molecular weight excluding hydrogens is 1670 g/mol. The van der Waals surface area contributed by atoms with Crippen molar-refractivity contribution in [2.75, 3.05) is 93.0 Å². The van der Waals surface area contributed by atoms with Gasteiger partial charge in [0.05, 0.1) is 112 Å². The normalized spacial score (nSPS) is 18.7. The monoisotopic (exact) mass is 1790 g/mol. The highest BCUT2D eigenvalue weighted by atomic mass is 16.6. The van der Waals surface area contributed by atoms with Crippen LogP contribution in [0.1, 0.15) is 171 Å². The number of carboxylic acids is 1. The van der Waals surface area contributed by atoms with Crippen molar-refractivity contribution in [3.05, 3.63) is 241 Å². The lowest BCUT2D eigenvalue weighted by molar-refractivity contribution is -0.145. The van der Waals surface area contributed by atoms with Crippen LogP contribution in [-0.4, -0.2) is 227 Å². The largest absolute Gasteiger partial charge is 0.480 e. The number of likely N-dealkylation sites (tertiary alicyclic amines) is 4. The summed E-state index contributed by atoms with van der Waals surface area (Å²) in [6, 6.07) is 59.2. The Labute approximate surface area is 768 Å². The van der Waals surface area contributed by atoms with Crippen molar-refractivity contribution in [1.29, 1.82) is 0 Å². The molecule has 688 valence electrons. The van der Waals surface area contributed by atoms with Crippen LogP contribution in [0.25, 0.3) is 88.8 Å². The number of nitrogens with one attached hydrogen (secondary N) is 6. The number of rotatable bonds is 22. The van der Waals surface area contributed by atoms with Crippen LogP contribution in [0.2, 0.25) is 0 Å². The van der Waals surface area contributed by atoms with Gasteiger partial charge in [-0.2, -0.15) is 0 Å². The predicted molar refractivity (Wildman–Crippen MR) is 504 cm³/mol. The van der Waals surface area contributed by atoms with Gasteiger partial charge in [-0.3, -0.25) is 33.9 Å². The van der Waals surface area contributed by atoms with Crippen molar-refractivity contribution in [2.24, 2.45) is 11.8 Å². The molecule has 8 atom stereocenters. The zero-order valence-corrected chi connectivity index (χ0v) is 76.4. The first-order valence-electron chi connectivity index (χ1n) is 46.0. The number of fused-ring (bicyclic) bond motifs is 2. The SMILES string of the molecule is COC(=O)N[C@H](C(=O)N1CCC[C@H]1c1ncc(-c2ccc3cc(-c4ccc(-c5cnc([C@@H]6CCCN6C(=O)C(c6ccccc6)N6CCOCC6)[nH]5)cc4)ccc3c2)[nH]1)C(C)C.COC(=O)N[C@H](C(=O)N1CCC[C@H]1c1ncc(-c2ccc3cc(-c4ccc(-c5cnc([C@@H]6CCCN6C(=O)OC(C)(C)C)[nH]5)cc4)ccc3c2)[nH]1)C(C)C.O=C(O)C(c1ccccc1)N1CCOCC1. The van der Waals surface area contributed by atoms with Crippen LogP contribution in [0.3, 0.4) is 0 Å². The first kappa shape index (κ1) is 91.9. The topological polar surface area (TPSA) is 344 Å². The number of carboxylic acid groups (broad SMARTS) is 1. The number of methoxy groups -OCH3 is 2. The van der Waals surface area contributed by atoms with E-state index < -0.39 is 41.9 Å². The van der Waals surface area contributed by atoms with Gasteiger partial charge in [-0.25, -0.2) is 34.3 Å². The quantitative estimate of drug-likeness (QED) is 0.0310. The number of morpholine rings is 2. The highest BCUT2D eigenvalue weighted by Gasteiger charge is 2.43. The summed E-state index contributed by atoms with van der Waals surface area (Å²) in [5.41, 5.74) is 13.4. The first-order valence-corrected chi connectivity index (χ1v) is 46.0. The highest BCUT2D eigenvalue weighted by molar-refractivity contribution is 5.93. The number of ether oxygens (including phenoxy) is 5. The van der Waals surface area contributed by atoms with Crippen molar-refractivity contribution in [2.45, 2.75) is 154 Å². The molecule has 6 amide bonds. The van der Waals surface area contributed by atoms with Crippen molar-refractivity contribution < 1.29 is 62.4 Å². The van der Waals surface area contributed by atoms with Crippen LogP contribution in [0.15, 0.2) is 207 Å². The Morgan fingerprint density at radius 3 is 1.04 bits per heavy atom. The molecule has 2 unspecified atom stereocenters. The van der Waals surface area contributed by atoms with Gasteiger partial charge in [0.15, 0.2) is 0 Å².